The van der Waals surface area contributed by atoms with Crippen molar-refractivity contribution in [3.05, 3.63) is 64.2 Å². The number of halogens is 2. The van der Waals surface area contributed by atoms with E-state index < -0.39 is 17.5 Å². The van der Waals surface area contributed by atoms with Gasteiger partial charge in [-0.25, -0.2) is 13.8 Å². The summed E-state index contributed by atoms with van der Waals surface area (Å²) in [6, 6.07) is 8.43. The predicted octanol–water partition coefficient (Wildman–Crippen LogP) is 5.10. The van der Waals surface area contributed by atoms with Crippen LogP contribution in [0.5, 0.6) is 0 Å². The van der Waals surface area contributed by atoms with Crippen LogP contribution in [0.2, 0.25) is 0 Å². The molecule has 0 saturated heterocycles. The molecule has 4 aromatic rings. The maximum absolute atomic E-state index is 13.9. The second-order valence-corrected chi connectivity index (χ2v) is 7.28. The normalized spacial score (nSPS) is 11.1. The zero-order chi connectivity index (χ0) is 19.1. The lowest BCUT2D eigenvalue weighted by molar-refractivity contribution is 0.102. The van der Waals surface area contributed by atoms with E-state index in [1.54, 1.807) is 13.0 Å². The zero-order valence-corrected chi connectivity index (χ0v) is 15.2. The molecular formula is C19H13F2N3O2S. The molecular weight excluding hydrogens is 372 g/mol. The van der Waals surface area contributed by atoms with Gasteiger partial charge in [-0.1, -0.05) is 5.16 Å². The first kappa shape index (κ1) is 17.3. The van der Waals surface area contributed by atoms with E-state index >= 15 is 0 Å². The van der Waals surface area contributed by atoms with Gasteiger partial charge in [0.2, 0.25) is 0 Å². The fraction of sp³-hybridized carbons (Fsp3) is 0.105. The van der Waals surface area contributed by atoms with Crippen LogP contribution in [0.15, 0.2) is 40.9 Å². The SMILES string of the molecule is Cc1ccc(-c2cc(C(=O)Nc3ccc(F)cc3F)c3c(C)noc3n2)s1. The van der Waals surface area contributed by atoms with E-state index in [1.165, 1.54) is 17.4 Å². The molecule has 136 valence electrons. The Hall–Kier alpha value is -3.13. The third-order valence-corrected chi connectivity index (χ3v) is 5.06. The zero-order valence-electron chi connectivity index (χ0n) is 14.3. The van der Waals surface area contributed by atoms with Gasteiger partial charge in [-0.2, -0.15) is 0 Å². The summed E-state index contributed by atoms with van der Waals surface area (Å²) < 4.78 is 32.2. The molecule has 0 bridgehead atoms. The predicted molar refractivity (Wildman–Crippen MR) is 98.9 cm³/mol. The molecule has 0 unspecified atom stereocenters. The summed E-state index contributed by atoms with van der Waals surface area (Å²) in [5.74, 6) is -2.14. The molecule has 0 fully saturated rings. The van der Waals surface area contributed by atoms with E-state index in [2.05, 4.69) is 15.5 Å². The third kappa shape index (κ3) is 3.19. The average molecular weight is 385 g/mol. The van der Waals surface area contributed by atoms with Crippen molar-refractivity contribution in [2.24, 2.45) is 0 Å². The molecule has 0 spiro atoms. The second kappa shape index (κ2) is 6.55. The number of pyridine rings is 1. The highest BCUT2D eigenvalue weighted by Crippen LogP contribution is 2.31. The summed E-state index contributed by atoms with van der Waals surface area (Å²) in [7, 11) is 0. The lowest BCUT2D eigenvalue weighted by Gasteiger charge is -2.08. The van der Waals surface area contributed by atoms with Crippen molar-refractivity contribution < 1.29 is 18.1 Å². The summed E-state index contributed by atoms with van der Waals surface area (Å²) in [6.07, 6.45) is 0. The highest BCUT2D eigenvalue weighted by atomic mass is 32.1. The molecule has 8 heteroatoms. The standard InChI is InChI=1S/C19H13F2N3O2S/c1-9-3-6-16(27-9)15-8-12(17-10(2)24-26-19(17)23-15)18(25)22-14-5-4-11(20)7-13(14)21/h3-8H,1-2H3,(H,22,25). The molecule has 0 aliphatic carbocycles. The van der Waals surface area contributed by atoms with Gasteiger partial charge in [-0.15, -0.1) is 11.3 Å². The highest BCUT2D eigenvalue weighted by molar-refractivity contribution is 7.15. The lowest BCUT2D eigenvalue weighted by Crippen LogP contribution is -2.14. The van der Waals surface area contributed by atoms with Gasteiger partial charge >= 0.3 is 0 Å². The Morgan fingerprint density at radius 3 is 2.67 bits per heavy atom. The van der Waals surface area contributed by atoms with E-state index in [-0.39, 0.29) is 17.0 Å². The average Bonchev–Trinajstić information content (AvgIpc) is 3.23. The Morgan fingerprint density at radius 2 is 1.96 bits per heavy atom. The number of nitrogens with zero attached hydrogens (tertiary/aromatic N) is 2. The van der Waals surface area contributed by atoms with Crippen molar-refractivity contribution in [3.63, 3.8) is 0 Å². The molecule has 1 amide bonds. The van der Waals surface area contributed by atoms with Crippen molar-refractivity contribution in [1.82, 2.24) is 10.1 Å². The van der Waals surface area contributed by atoms with Crippen LogP contribution < -0.4 is 5.32 Å². The van der Waals surface area contributed by atoms with Gasteiger partial charge < -0.3 is 9.84 Å². The molecule has 0 aliphatic heterocycles. The summed E-state index contributed by atoms with van der Waals surface area (Å²) in [5, 5.41) is 6.80. The van der Waals surface area contributed by atoms with Gasteiger partial charge in [-0.3, -0.25) is 4.79 Å². The Balaban J connectivity index is 1.81. The van der Waals surface area contributed by atoms with Crippen molar-refractivity contribution in [3.8, 4) is 10.6 Å². The molecule has 3 aromatic heterocycles. The summed E-state index contributed by atoms with van der Waals surface area (Å²) in [4.78, 5) is 19.2. The molecule has 1 aromatic carbocycles. The second-order valence-electron chi connectivity index (χ2n) is 5.99. The van der Waals surface area contributed by atoms with Gasteiger partial charge in [0.05, 0.1) is 32.9 Å². The van der Waals surface area contributed by atoms with Gasteiger partial charge in [-0.05, 0) is 44.2 Å². The minimum atomic E-state index is -0.857. The molecule has 27 heavy (non-hydrogen) atoms. The first-order chi connectivity index (χ1) is 12.9. The quantitative estimate of drug-likeness (QED) is 0.533. The number of hydrogen-bond donors (Lipinski definition) is 1. The van der Waals surface area contributed by atoms with Gasteiger partial charge in [0.15, 0.2) is 0 Å². The number of benzene rings is 1. The number of hydrogen-bond acceptors (Lipinski definition) is 5. The Bertz CT molecular complexity index is 1180. The van der Waals surface area contributed by atoms with E-state index in [0.29, 0.717) is 22.8 Å². The maximum Gasteiger partial charge on any atom is 0.259 e. The number of carbonyl (C=O) groups excluding carboxylic acids is 1. The van der Waals surface area contributed by atoms with Crippen molar-refractivity contribution >= 4 is 34.0 Å². The molecule has 3 heterocycles. The number of anilines is 1. The van der Waals surface area contributed by atoms with Crippen LogP contribution in [-0.4, -0.2) is 16.0 Å². The molecule has 0 atom stereocenters. The number of aromatic nitrogens is 2. The molecule has 0 saturated carbocycles. The van der Waals surface area contributed by atoms with Crippen LogP contribution in [0, 0.1) is 25.5 Å². The first-order valence-corrected chi connectivity index (χ1v) is 8.84. The Labute approximate surface area is 156 Å². The number of carbonyl (C=O) groups is 1. The summed E-state index contributed by atoms with van der Waals surface area (Å²) in [6.45, 7) is 3.66. The van der Waals surface area contributed by atoms with Gasteiger partial charge in [0.1, 0.15) is 11.6 Å². The minimum absolute atomic E-state index is 0.117. The third-order valence-electron chi connectivity index (χ3n) is 4.03. The first-order valence-electron chi connectivity index (χ1n) is 8.02. The Morgan fingerprint density at radius 1 is 1.15 bits per heavy atom. The van der Waals surface area contributed by atoms with Crippen molar-refractivity contribution in [1.29, 1.82) is 0 Å². The summed E-state index contributed by atoms with van der Waals surface area (Å²) in [5.41, 5.74) is 1.41. The van der Waals surface area contributed by atoms with E-state index in [0.717, 1.165) is 15.8 Å². The fourth-order valence-corrected chi connectivity index (χ4v) is 3.58. The molecule has 0 radical (unpaired) electrons. The molecule has 0 aliphatic rings. The maximum atomic E-state index is 13.9. The van der Waals surface area contributed by atoms with Crippen molar-refractivity contribution in [2.45, 2.75) is 13.8 Å². The number of rotatable bonds is 3. The van der Waals surface area contributed by atoms with Crippen LogP contribution in [0.4, 0.5) is 14.5 Å². The highest BCUT2D eigenvalue weighted by Gasteiger charge is 2.21. The van der Waals surface area contributed by atoms with Crippen molar-refractivity contribution in [2.75, 3.05) is 5.32 Å². The van der Waals surface area contributed by atoms with E-state index in [4.69, 9.17) is 4.52 Å². The number of amides is 1. The monoisotopic (exact) mass is 385 g/mol. The van der Waals surface area contributed by atoms with Crippen LogP contribution in [-0.2, 0) is 0 Å². The van der Waals surface area contributed by atoms with Crippen LogP contribution >= 0.6 is 11.3 Å². The van der Waals surface area contributed by atoms with Crippen LogP contribution in [0.25, 0.3) is 21.7 Å². The topological polar surface area (TPSA) is 68.0 Å². The number of fused-ring (bicyclic) bond motifs is 1. The van der Waals surface area contributed by atoms with Crippen LogP contribution in [0.3, 0.4) is 0 Å². The van der Waals surface area contributed by atoms with E-state index in [9.17, 15) is 13.6 Å². The number of thiophene rings is 1. The summed E-state index contributed by atoms with van der Waals surface area (Å²) >= 11 is 1.53. The van der Waals surface area contributed by atoms with Crippen LogP contribution in [0.1, 0.15) is 20.9 Å². The minimum Gasteiger partial charge on any atom is -0.335 e. The Kier molecular flexibility index (Phi) is 4.19. The van der Waals surface area contributed by atoms with Gasteiger partial charge in [0, 0.05) is 10.9 Å². The number of nitrogens with one attached hydrogen (secondary N) is 1. The molecule has 5 nitrogen and oxygen atoms in total. The molecule has 4 rings (SSSR count). The lowest BCUT2D eigenvalue weighted by atomic mass is 10.1. The largest absolute Gasteiger partial charge is 0.335 e. The number of aryl methyl sites for hydroxylation is 2. The smallest absolute Gasteiger partial charge is 0.259 e. The molecule has 1 N–H and O–H groups in total. The van der Waals surface area contributed by atoms with E-state index in [1.807, 2.05) is 19.1 Å². The van der Waals surface area contributed by atoms with Gasteiger partial charge in [0.25, 0.3) is 11.6 Å². The fourth-order valence-electron chi connectivity index (χ4n) is 2.75.